The molecule has 1 fully saturated rings. The number of benzene rings is 1. The smallest absolute Gasteiger partial charge is 0.191 e. The molecule has 0 radical (unpaired) electrons. The third-order valence-corrected chi connectivity index (χ3v) is 3.88. The number of aliphatic imine (C=N–C) groups is 1. The van der Waals surface area contributed by atoms with E-state index in [1.54, 1.807) is 0 Å². The van der Waals surface area contributed by atoms with Crippen LogP contribution >= 0.6 is 24.0 Å². The van der Waals surface area contributed by atoms with Crippen molar-refractivity contribution < 1.29 is 5.11 Å². The normalized spacial score (nSPS) is 18.3. The van der Waals surface area contributed by atoms with Gasteiger partial charge in [0.2, 0.25) is 0 Å². The number of aliphatic hydroxyl groups excluding tert-OH is 1. The predicted octanol–water partition coefficient (Wildman–Crippen LogP) is 2.13. The van der Waals surface area contributed by atoms with Crippen LogP contribution < -0.4 is 15.5 Å². The molecule has 1 aliphatic rings. The second kappa shape index (κ2) is 10.7. The van der Waals surface area contributed by atoms with Gasteiger partial charge in [-0.1, -0.05) is 17.7 Å². The van der Waals surface area contributed by atoms with E-state index in [1.807, 2.05) is 0 Å². The Kier molecular flexibility index (Phi) is 9.31. The van der Waals surface area contributed by atoms with Gasteiger partial charge in [0.15, 0.2) is 5.96 Å². The molecule has 1 aliphatic heterocycles. The highest BCUT2D eigenvalue weighted by molar-refractivity contribution is 14.0. The Balaban J connectivity index is 0.00000264. The Morgan fingerprint density at radius 2 is 2.09 bits per heavy atom. The molecule has 1 aromatic carbocycles. The van der Waals surface area contributed by atoms with Crippen molar-refractivity contribution in [3.63, 3.8) is 0 Å². The van der Waals surface area contributed by atoms with Crippen LogP contribution in [0.5, 0.6) is 0 Å². The summed E-state index contributed by atoms with van der Waals surface area (Å²) in [5.41, 5.74) is 2.58. The Hall–Kier alpha value is -1.02. The molecule has 0 aliphatic carbocycles. The number of guanidine groups is 1. The molecule has 0 aromatic heterocycles. The monoisotopic (exact) mass is 432 g/mol. The van der Waals surface area contributed by atoms with Crippen LogP contribution in [0.1, 0.15) is 25.3 Å². The Morgan fingerprint density at radius 3 is 2.74 bits per heavy atom. The van der Waals surface area contributed by atoms with Gasteiger partial charge in [0, 0.05) is 31.4 Å². The molecule has 130 valence electrons. The van der Waals surface area contributed by atoms with Gasteiger partial charge >= 0.3 is 0 Å². The molecular formula is C17H29IN4O. The summed E-state index contributed by atoms with van der Waals surface area (Å²) >= 11 is 0. The number of halogens is 1. The van der Waals surface area contributed by atoms with Crippen LogP contribution in [0.25, 0.3) is 0 Å². The molecule has 2 rings (SSSR count). The van der Waals surface area contributed by atoms with Crippen LogP contribution in [-0.4, -0.2) is 49.9 Å². The highest BCUT2D eigenvalue weighted by atomic mass is 127. The lowest BCUT2D eigenvalue weighted by Gasteiger charge is -2.35. The number of hydrogen-bond acceptors (Lipinski definition) is 3. The van der Waals surface area contributed by atoms with Crippen molar-refractivity contribution >= 4 is 35.6 Å². The lowest BCUT2D eigenvalue weighted by Crippen LogP contribution is -2.51. The summed E-state index contributed by atoms with van der Waals surface area (Å²) in [5, 5.41) is 15.7. The van der Waals surface area contributed by atoms with Crippen LogP contribution in [0.15, 0.2) is 29.3 Å². The maximum Gasteiger partial charge on any atom is 0.191 e. The zero-order chi connectivity index (χ0) is 15.8. The summed E-state index contributed by atoms with van der Waals surface area (Å²) in [5.74, 6) is 0.798. The summed E-state index contributed by atoms with van der Waals surface area (Å²) in [6.07, 6.45) is 2.32. The summed E-state index contributed by atoms with van der Waals surface area (Å²) in [4.78, 5) is 6.79. The maximum absolute atomic E-state index is 8.93. The molecule has 6 heteroatoms. The van der Waals surface area contributed by atoms with Gasteiger partial charge in [0.05, 0.1) is 13.2 Å². The van der Waals surface area contributed by atoms with Gasteiger partial charge in [-0.2, -0.15) is 0 Å². The fourth-order valence-electron chi connectivity index (χ4n) is 2.76. The number of piperidine rings is 1. The van der Waals surface area contributed by atoms with Crippen molar-refractivity contribution in [1.82, 2.24) is 10.6 Å². The number of aryl methyl sites for hydroxylation is 1. The average Bonchev–Trinajstić information content (AvgIpc) is 2.54. The van der Waals surface area contributed by atoms with E-state index >= 15 is 0 Å². The Bertz CT molecular complexity index is 478. The van der Waals surface area contributed by atoms with Crippen LogP contribution in [0.3, 0.4) is 0 Å². The molecule has 1 unspecified atom stereocenters. The van der Waals surface area contributed by atoms with E-state index in [0.29, 0.717) is 12.6 Å². The van der Waals surface area contributed by atoms with Gasteiger partial charge in [0.25, 0.3) is 0 Å². The van der Waals surface area contributed by atoms with Gasteiger partial charge in [-0.05, 0) is 38.8 Å². The number of anilines is 1. The lowest BCUT2D eigenvalue weighted by atomic mass is 10.0. The van der Waals surface area contributed by atoms with Gasteiger partial charge in [0.1, 0.15) is 0 Å². The first-order chi connectivity index (χ1) is 10.7. The topological polar surface area (TPSA) is 59.9 Å². The highest BCUT2D eigenvalue weighted by Crippen LogP contribution is 2.20. The fraction of sp³-hybridized carbons (Fsp3) is 0.588. The van der Waals surface area contributed by atoms with Crippen molar-refractivity contribution in [2.24, 2.45) is 4.99 Å². The maximum atomic E-state index is 8.93. The van der Waals surface area contributed by atoms with E-state index in [9.17, 15) is 0 Å². The molecule has 0 bridgehead atoms. The summed E-state index contributed by atoms with van der Waals surface area (Å²) in [6.45, 7) is 7.59. The van der Waals surface area contributed by atoms with Crippen molar-refractivity contribution in [2.45, 2.75) is 32.7 Å². The van der Waals surface area contributed by atoms with Crippen LogP contribution in [0.4, 0.5) is 5.69 Å². The second-order valence-corrected chi connectivity index (χ2v) is 5.75. The molecule has 0 spiro atoms. The third kappa shape index (κ3) is 6.55. The van der Waals surface area contributed by atoms with Gasteiger partial charge in [-0.3, -0.25) is 4.99 Å². The van der Waals surface area contributed by atoms with E-state index in [4.69, 9.17) is 5.11 Å². The molecule has 23 heavy (non-hydrogen) atoms. The van der Waals surface area contributed by atoms with Gasteiger partial charge in [-0.15, -0.1) is 24.0 Å². The fourth-order valence-corrected chi connectivity index (χ4v) is 2.76. The molecule has 0 saturated carbocycles. The van der Waals surface area contributed by atoms with Gasteiger partial charge in [-0.25, -0.2) is 0 Å². The van der Waals surface area contributed by atoms with Gasteiger partial charge < -0.3 is 20.6 Å². The molecule has 5 nitrogen and oxygen atoms in total. The minimum Gasteiger partial charge on any atom is -0.394 e. The number of nitrogens with zero attached hydrogens (tertiary/aromatic N) is 2. The van der Waals surface area contributed by atoms with Crippen molar-refractivity contribution in [1.29, 1.82) is 0 Å². The summed E-state index contributed by atoms with van der Waals surface area (Å²) < 4.78 is 0. The minimum atomic E-state index is 0. The van der Waals surface area contributed by atoms with Crippen LogP contribution in [0, 0.1) is 6.92 Å². The molecule has 0 amide bonds. The molecule has 3 N–H and O–H groups in total. The number of aliphatic hydroxyl groups is 1. The zero-order valence-electron chi connectivity index (χ0n) is 14.1. The summed E-state index contributed by atoms with van der Waals surface area (Å²) in [7, 11) is 0. The lowest BCUT2D eigenvalue weighted by molar-refractivity contribution is 0.306. The molecule has 1 atom stereocenters. The predicted molar refractivity (Wildman–Crippen MR) is 108 cm³/mol. The van der Waals surface area contributed by atoms with Crippen molar-refractivity contribution in [3.8, 4) is 0 Å². The second-order valence-electron chi connectivity index (χ2n) is 5.75. The van der Waals surface area contributed by atoms with Crippen molar-refractivity contribution in [3.05, 3.63) is 29.8 Å². The largest absolute Gasteiger partial charge is 0.394 e. The summed E-state index contributed by atoms with van der Waals surface area (Å²) in [6, 6.07) is 9.11. The number of rotatable bonds is 5. The van der Waals surface area contributed by atoms with E-state index in [2.05, 4.69) is 58.6 Å². The number of nitrogens with one attached hydrogen (secondary N) is 2. The first-order valence-electron chi connectivity index (χ1n) is 8.20. The first-order valence-corrected chi connectivity index (χ1v) is 8.20. The van der Waals surface area contributed by atoms with E-state index in [0.717, 1.165) is 32.0 Å². The standard InChI is InChI=1S/C17H28N4O.HI/c1-3-18-17(19-10-12-22)20-15-5-4-11-21(13-15)16-8-6-14(2)7-9-16;/h6-9,15,22H,3-5,10-13H2,1-2H3,(H2,18,19,20);1H. The quantitative estimate of drug-likeness (QED) is 0.379. The van der Waals surface area contributed by atoms with Crippen molar-refractivity contribution in [2.75, 3.05) is 37.7 Å². The Morgan fingerprint density at radius 1 is 1.35 bits per heavy atom. The van der Waals surface area contributed by atoms with E-state index in [-0.39, 0.29) is 30.6 Å². The molecule has 1 heterocycles. The average molecular weight is 432 g/mol. The zero-order valence-corrected chi connectivity index (χ0v) is 16.4. The Labute approximate surface area is 156 Å². The molecule has 1 aromatic rings. The number of hydrogen-bond donors (Lipinski definition) is 3. The van der Waals surface area contributed by atoms with E-state index < -0.39 is 0 Å². The minimum absolute atomic E-state index is 0. The molecular weight excluding hydrogens is 403 g/mol. The van der Waals surface area contributed by atoms with Crippen LogP contribution in [0.2, 0.25) is 0 Å². The highest BCUT2D eigenvalue weighted by Gasteiger charge is 2.20. The van der Waals surface area contributed by atoms with Crippen LogP contribution in [-0.2, 0) is 0 Å². The SMILES string of the molecule is CCNC(=NCCO)NC1CCCN(c2ccc(C)cc2)C1.I. The molecule has 1 saturated heterocycles. The third-order valence-electron chi connectivity index (χ3n) is 3.88. The first kappa shape index (κ1) is 20.0. The van der Waals surface area contributed by atoms with E-state index in [1.165, 1.54) is 17.7 Å².